The van der Waals surface area contributed by atoms with Gasteiger partial charge in [0.2, 0.25) is 11.5 Å². The first kappa shape index (κ1) is 39.5. The van der Waals surface area contributed by atoms with E-state index in [0.717, 1.165) is 34.1 Å². The van der Waals surface area contributed by atoms with Gasteiger partial charge in [-0.3, -0.25) is 19.1 Å². The van der Waals surface area contributed by atoms with Gasteiger partial charge in [0.05, 0.1) is 46.7 Å². The van der Waals surface area contributed by atoms with Crippen molar-refractivity contribution in [1.82, 2.24) is 49.3 Å². The fourth-order valence-corrected chi connectivity index (χ4v) is 7.17. The standard InChI is InChI=1S/C38H33F6N11O3/c1-37(2,19-55-28(14-31(49-55)38(42,43)44)21-5-8-32(56)51(3)18-21)47-34(57)30(11-20-16-46-54(17-20)36(40)41)53-10-9-24-23(6-7-26(39)33(24)35(53)58)25-13-27-29(12-22(25)15-45)52(4)50-48-27/h5-8,12-14,16-18,30,36H,9-11,19H2,1-4H3,(H,47,57). The van der Waals surface area contributed by atoms with Gasteiger partial charge in [-0.05, 0) is 67.3 Å². The van der Waals surface area contributed by atoms with Crippen LogP contribution in [0.3, 0.4) is 0 Å². The van der Waals surface area contributed by atoms with Crippen LogP contribution in [0.2, 0.25) is 0 Å². The lowest BCUT2D eigenvalue weighted by Gasteiger charge is -2.37. The average molecular weight is 806 g/mol. The van der Waals surface area contributed by atoms with Crippen LogP contribution in [-0.2, 0) is 44.5 Å². The fourth-order valence-electron chi connectivity index (χ4n) is 7.17. The smallest absolute Gasteiger partial charge is 0.348 e. The van der Waals surface area contributed by atoms with E-state index in [0.29, 0.717) is 26.8 Å². The summed E-state index contributed by atoms with van der Waals surface area (Å²) in [6, 6.07) is 9.75. The molecule has 14 nitrogen and oxygen atoms in total. The van der Waals surface area contributed by atoms with E-state index in [-0.39, 0.29) is 59.4 Å². The Balaban J connectivity index is 1.24. The van der Waals surface area contributed by atoms with Crippen LogP contribution in [-0.4, -0.2) is 74.0 Å². The van der Waals surface area contributed by atoms with Gasteiger partial charge in [-0.15, -0.1) is 5.10 Å². The lowest BCUT2D eigenvalue weighted by Crippen LogP contribution is -2.58. The number of pyridine rings is 1. The molecule has 58 heavy (non-hydrogen) atoms. The fraction of sp³-hybridized carbons (Fsp3) is 0.316. The van der Waals surface area contributed by atoms with Gasteiger partial charge in [0.1, 0.15) is 17.4 Å². The zero-order chi connectivity index (χ0) is 41.8. The van der Waals surface area contributed by atoms with Crippen molar-refractivity contribution in [3.63, 3.8) is 0 Å². The van der Waals surface area contributed by atoms with Crippen LogP contribution >= 0.6 is 0 Å². The highest BCUT2D eigenvalue weighted by molar-refractivity contribution is 6.02. The summed E-state index contributed by atoms with van der Waals surface area (Å²) >= 11 is 0. The van der Waals surface area contributed by atoms with E-state index in [1.54, 1.807) is 19.2 Å². The number of halogens is 6. The Bertz CT molecular complexity index is 2700. The number of nitriles is 1. The maximum Gasteiger partial charge on any atom is 0.435 e. The molecule has 7 rings (SSSR count). The second kappa shape index (κ2) is 14.6. The minimum atomic E-state index is -4.83. The summed E-state index contributed by atoms with van der Waals surface area (Å²) in [7, 11) is 3.09. The number of benzene rings is 2. The molecule has 1 aliphatic rings. The van der Waals surface area contributed by atoms with Crippen molar-refractivity contribution in [2.45, 2.75) is 57.5 Å². The first-order valence-corrected chi connectivity index (χ1v) is 17.7. The van der Waals surface area contributed by atoms with Crippen LogP contribution in [0, 0.1) is 17.1 Å². The molecule has 1 aliphatic heterocycles. The molecule has 2 amide bonds. The SMILES string of the molecule is Cn1cc(-c2cc(C(F)(F)F)nn2CC(C)(C)NC(=O)C(Cc2cnn(C(F)F)c2)N2CCc3c(-c4cc5nnn(C)c5cc4C#N)ccc(F)c3C2=O)ccc1=O. The number of amides is 2. The van der Waals surface area contributed by atoms with Gasteiger partial charge in [-0.2, -0.15) is 37.4 Å². The Morgan fingerprint density at radius 3 is 2.47 bits per heavy atom. The topological polar surface area (TPSA) is 162 Å². The van der Waals surface area contributed by atoms with Crippen LogP contribution in [0.4, 0.5) is 26.3 Å². The summed E-state index contributed by atoms with van der Waals surface area (Å²) in [6.45, 7) is -0.474. The molecule has 0 spiro atoms. The number of alkyl halides is 5. The lowest BCUT2D eigenvalue weighted by molar-refractivity contribution is -0.141. The van der Waals surface area contributed by atoms with E-state index in [4.69, 9.17) is 0 Å². The molecule has 0 aliphatic carbocycles. The maximum atomic E-state index is 15.8. The van der Waals surface area contributed by atoms with Gasteiger partial charge < -0.3 is 14.8 Å². The number of nitrogens with zero attached hydrogens (tertiary/aromatic N) is 10. The van der Waals surface area contributed by atoms with Crippen molar-refractivity contribution in [2.24, 2.45) is 14.1 Å². The highest BCUT2D eigenvalue weighted by Crippen LogP contribution is 2.37. The number of carbonyl (C=O) groups excluding carboxylic acids is 2. The van der Waals surface area contributed by atoms with Gasteiger partial charge in [-0.1, -0.05) is 11.3 Å². The van der Waals surface area contributed by atoms with Gasteiger partial charge >= 0.3 is 12.7 Å². The molecular weight excluding hydrogens is 772 g/mol. The van der Waals surface area contributed by atoms with Crippen LogP contribution in [0.5, 0.6) is 0 Å². The molecule has 6 aromatic rings. The molecule has 1 atom stereocenters. The number of aryl methyl sites for hydroxylation is 2. The van der Waals surface area contributed by atoms with Crippen LogP contribution in [0.25, 0.3) is 33.4 Å². The van der Waals surface area contributed by atoms with Crippen molar-refractivity contribution in [3.05, 3.63) is 105 Å². The minimum Gasteiger partial charge on any atom is -0.348 e. The lowest BCUT2D eigenvalue weighted by atomic mass is 9.87. The van der Waals surface area contributed by atoms with Crippen LogP contribution in [0.1, 0.15) is 53.1 Å². The molecule has 0 radical (unpaired) electrons. The number of rotatable bonds is 10. The second-order valence-corrected chi connectivity index (χ2v) is 14.5. The van der Waals surface area contributed by atoms with Crippen LogP contribution in [0.15, 0.2) is 65.8 Å². The predicted molar refractivity (Wildman–Crippen MR) is 194 cm³/mol. The molecule has 0 bridgehead atoms. The summed E-state index contributed by atoms with van der Waals surface area (Å²) in [5.41, 5.74) is -0.696. The third-order valence-electron chi connectivity index (χ3n) is 9.92. The molecule has 0 saturated heterocycles. The Hall–Kier alpha value is -6.78. The minimum absolute atomic E-state index is 0.00618. The Kier molecular flexibility index (Phi) is 9.95. The summed E-state index contributed by atoms with van der Waals surface area (Å²) in [5, 5.41) is 28.3. The number of hydrogen-bond acceptors (Lipinski definition) is 8. The first-order valence-electron chi connectivity index (χ1n) is 17.7. The molecule has 0 saturated carbocycles. The van der Waals surface area contributed by atoms with E-state index in [1.165, 1.54) is 54.5 Å². The maximum absolute atomic E-state index is 15.8. The third kappa shape index (κ3) is 7.42. The first-order chi connectivity index (χ1) is 27.3. The molecule has 1 N–H and O–H groups in total. The summed E-state index contributed by atoms with van der Waals surface area (Å²) < 4.78 is 88.6. The van der Waals surface area contributed by atoms with Crippen molar-refractivity contribution in [3.8, 4) is 28.5 Å². The number of nitrogens with one attached hydrogen (secondary N) is 1. The van der Waals surface area contributed by atoms with Gasteiger partial charge in [-0.25, -0.2) is 13.8 Å². The quantitative estimate of drug-likeness (QED) is 0.189. The van der Waals surface area contributed by atoms with Gasteiger partial charge in [0, 0.05) is 56.6 Å². The number of hydrogen-bond donors (Lipinski definition) is 1. The largest absolute Gasteiger partial charge is 0.435 e. The Morgan fingerprint density at radius 1 is 1.03 bits per heavy atom. The van der Waals surface area contributed by atoms with E-state index in [1.807, 2.05) is 0 Å². The molecular formula is C38H33F6N11O3. The van der Waals surface area contributed by atoms with Crippen molar-refractivity contribution < 1.29 is 35.9 Å². The highest BCUT2D eigenvalue weighted by atomic mass is 19.4. The van der Waals surface area contributed by atoms with Crippen molar-refractivity contribution in [1.29, 1.82) is 5.26 Å². The Labute approximate surface area is 324 Å². The molecule has 5 heterocycles. The molecule has 1 unspecified atom stereocenters. The predicted octanol–water partition coefficient (Wildman–Crippen LogP) is 5.02. The zero-order valence-electron chi connectivity index (χ0n) is 31.2. The highest BCUT2D eigenvalue weighted by Gasteiger charge is 2.40. The monoisotopic (exact) mass is 805 g/mol. The Morgan fingerprint density at radius 2 is 1.79 bits per heavy atom. The summed E-state index contributed by atoms with van der Waals surface area (Å²) in [4.78, 5) is 41.9. The van der Waals surface area contributed by atoms with Gasteiger partial charge in [0.15, 0.2) is 5.69 Å². The zero-order valence-corrected chi connectivity index (χ0v) is 31.2. The van der Waals surface area contributed by atoms with Gasteiger partial charge in [0.25, 0.3) is 5.91 Å². The van der Waals surface area contributed by atoms with E-state index in [2.05, 4.69) is 31.9 Å². The molecule has 300 valence electrons. The molecule has 0 fully saturated rings. The van der Waals surface area contributed by atoms with Crippen molar-refractivity contribution in [2.75, 3.05) is 6.54 Å². The van der Waals surface area contributed by atoms with E-state index < -0.39 is 53.2 Å². The van der Waals surface area contributed by atoms with Crippen molar-refractivity contribution >= 4 is 22.8 Å². The number of aromatic nitrogens is 8. The molecule has 2 aromatic carbocycles. The normalized spacial score (nSPS) is 13.9. The number of carbonyl (C=O) groups is 2. The van der Waals surface area contributed by atoms with Crippen LogP contribution < -0.4 is 10.9 Å². The number of fused-ring (bicyclic) bond motifs is 2. The van der Waals surface area contributed by atoms with E-state index in [9.17, 15) is 41.6 Å². The van der Waals surface area contributed by atoms with E-state index >= 15 is 4.39 Å². The summed E-state index contributed by atoms with van der Waals surface area (Å²) in [6.07, 6.45) is -1.71. The third-order valence-corrected chi connectivity index (χ3v) is 9.92. The molecule has 20 heteroatoms. The molecule has 4 aromatic heterocycles. The summed E-state index contributed by atoms with van der Waals surface area (Å²) in [5.74, 6) is -2.62. The average Bonchev–Trinajstić information content (AvgIpc) is 3.90. The second-order valence-electron chi connectivity index (χ2n) is 14.5.